The van der Waals surface area contributed by atoms with Crippen LogP contribution in [0, 0.1) is 0 Å². The maximum atomic E-state index is 11.0. The first-order valence-electron chi connectivity index (χ1n) is 6.08. The molecule has 0 radical (unpaired) electrons. The lowest BCUT2D eigenvalue weighted by Gasteiger charge is -2.05. The summed E-state index contributed by atoms with van der Waals surface area (Å²) in [7, 11) is 0. The second-order valence-corrected chi connectivity index (χ2v) is 5.55. The molecule has 1 N–H and O–H groups in total. The molecule has 0 bridgehead atoms. The molecule has 20 heavy (non-hydrogen) atoms. The van der Waals surface area contributed by atoms with Crippen molar-refractivity contribution >= 4 is 23.1 Å². The lowest BCUT2D eigenvalue weighted by Crippen LogP contribution is -1.97. The van der Waals surface area contributed by atoms with Gasteiger partial charge in [0.1, 0.15) is 23.0 Å². The zero-order valence-corrected chi connectivity index (χ0v) is 11.8. The molecular weight excluding hydrogens is 276 g/mol. The first-order chi connectivity index (χ1) is 9.54. The van der Waals surface area contributed by atoms with E-state index in [0.717, 1.165) is 10.4 Å². The summed E-state index contributed by atoms with van der Waals surface area (Å²) in [6.07, 6.45) is 0.424. The third kappa shape index (κ3) is 3.93. The van der Waals surface area contributed by atoms with Crippen LogP contribution in [0.25, 0.3) is 0 Å². The van der Waals surface area contributed by atoms with Crippen LogP contribution in [0.4, 0.5) is 0 Å². The molecule has 1 aromatic heterocycles. The highest BCUT2D eigenvalue weighted by Gasteiger charge is 2.07. The predicted octanol–water partition coefficient (Wildman–Crippen LogP) is 3.16. The first-order valence-corrected chi connectivity index (χ1v) is 6.89. The smallest absolute Gasteiger partial charge is 0.345 e. The number of hydrogen-bond acceptors (Lipinski definition) is 4. The Bertz CT molecular complexity index is 613. The van der Waals surface area contributed by atoms with Crippen molar-refractivity contribution < 1.29 is 19.4 Å². The van der Waals surface area contributed by atoms with E-state index in [1.165, 1.54) is 11.3 Å². The SMILES string of the molecule is CC(=O)Cc1ccc(OCc2ccc(C(=O)O)s2)cc1. The van der Waals surface area contributed by atoms with Crippen LogP contribution in [0.2, 0.25) is 0 Å². The molecule has 0 saturated heterocycles. The quantitative estimate of drug-likeness (QED) is 0.887. The fourth-order valence-electron chi connectivity index (χ4n) is 1.72. The van der Waals surface area contributed by atoms with E-state index in [0.29, 0.717) is 23.7 Å². The van der Waals surface area contributed by atoms with Crippen molar-refractivity contribution in [2.75, 3.05) is 0 Å². The summed E-state index contributed by atoms with van der Waals surface area (Å²) in [6.45, 7) is 1.89. The summed E-state index contributed by atoms with van der Waals surface area (Å²) in [5.74, 6) is -0.101. The van der Waals surface area contributed by atoms with Gasteiger partial charge in [0.05, 0.1) is 0 Å². The van der Waals surface area contributed by atoms with Crippen LogP contribution in [0.15, 0.2) is 36.4 Å². The number of carbonyl (C=O) groups excluding carboxylic acids is 1. The zero-order chi connectivity index (χ0) is 14.5. The minimum atomic E-state index is -0.921. The van der Waals surface area contributed by atoms with Gasteiger partial charge in [-0.25, -0.2) is 4.79 Å². The number of Topliss-reactive ketones (excluding diaryl/α,β-unsaturated/α-hetero) is 1. The third-order valence-electron chi connectivity index (χ3n) is 2.63. The maximum absolute atomic E-state index is 11.0. The van der Waals surface area contributed by atoms with Crippen LogP contribution in [-0.4, -0.2) is 16.9 Å². The van der Waals surface area contributed by atoms with Gasteiger partial charge in [-0.3, -0.25) is 4.79 Å². The standard InChI is InChI=1S/C15H14O4S/c1-10(16)8-11-2-4-12(5-3-11)19-9-13-6-7-14(20-13)15(17)18/h2-7H,8-9H2,1H3,(H,17,18). The average Bonchev–Trinajstić information content (AvgIpc) is 2.86. The van der Waals surface area contributed by atoms with E-state index < -0.39 is 5.97 Å². The fourth-order valence-corrected chi connectivity index (χ4v) is 2.48. The van der Waals surface area contributed by atoms with E-state index in [-0.39, 0.29) is 5.78 Å². The van der Waals surface area contributed by atoms with E-state index in [4.69, 9.17) is 9.84 Å². The highest BCUT2D eigenvalue weighted by molar-refractivity contribution is 7.13. The molecule has 0 fully saturated rings. The number of aromatic carboxylic acids is 1. The molecule has 0 spiro atoms. The molecule has 0 atom stereocenters. The monoisotopic (exact) mass is 290 g/mol. The van der Waals surface area contributed by atoms with Crippen molar-refractivity contribution in [3.05, 3.63) is 51.7 Å². The Hall–Kier alpha value is -2.14. The summed E-state index contributed by atoms with van der Waals surface area (Å²) >= 11 is 1.20. The highest BCUT2D eigenvalue weighted by atomic mass is 32.1. The molecule has 5 heteroatoms. The van der Waals surface area contributed by atoms with Crippen molar-refractivity contribution in [2.45, 2.75) is 20.0 Å². The Morgan fingerprint density at radius 3 is 2.40 bits per heavy atom. The van der Waals surface area contributed by atoms with Gasteiger partial charge in [0.15, 0.2) is 0 Å². The predicted molar refractivity (Wildman–Crippen MR) is 76.4 cm³/mol. The van der Waals surface area contributed by atoms with Gasteiger partial charge in [-0.05, 0) is 36.8 Å². The van der Waals surface area contributed by atoms with Gasteiger partial charge in [-0.2, -0.15) is 0 Å². The number of hydrogen-bond donors (Lipinski definition) is 1. The summed E-state index contributed by atoms with van der Waals surface area (Å²) in [5, 5.41) is 8.83. The van der Waals surface area contributed by atoms with Gasteiger partial charge in [-0.1, -0.05) is 12.1 Å². The molecule has 0 aliphatic heterocycles. The fraction of sp³-hybridized carbons (Fsp3) is 0.200. The second kappa shape index (κ2) is 6.34. The van der Waals surface area contributed by atoms with Crippen LogP contribution < -0.4 is 4.74 Å². The van der Waals surface area contributed by atoms with Gasteiger partial charge in [0.25, 0.3) is 0 Å². The lowest BCUT2D eigenvalue weighted by atomic mass is 10.1. The number of ketones is 1. The largest absolute Gasteiger partial charge is 0.488 e. The summed E-state index contributed by atoms with van der Waals surface area (Å²) in [6, 6.07) is 10.6. The summed E-state index contributed by atoms with van der Waals surface area (Å²) in [5.41, 5.74) is 0.953. The Morgan fingerprint density at radius 1 is 1.15 bits per heavy atom. The third-order valence-corrected chi connectivity index (χ3v) is 3.68. The Kier molecular flexibility index (Phi) is 4.53. The molecule has 0 unspecified atom stereocenters. The molecule has 4 nitrogen and oxygen atoms in total. The van der Waals surface area contributed by atoms with Crippen molar-refractivity contribution in [1.82, 2.24) is 0 Å². The van der Waals surface area contributed by atoms with Crippen molar-refractivity contribution in [3.63, 3.8) is 0 Å². The van der Waals surface area contributed by atoms with Gasteiger partial charge in [0.2, 0.25) is 0 Å². The van der Waals surface area contributed by atoms with Crippen LogP contribution >= 0.6 is 11.3 Å². The van der Waals surface area contributed by atoms with Crippen LogP contribution in [0.3, 0.4) is 0 Å². The Labute approximate surface area is 120 Å². The Morgan fingerprint density at radius 2 is 1.85 bits per heavy atom. The zero-order valence-electron chi connectivity index (χ0n) is 11.0. The molecule has 0 aliphatic carbocycles. The first kappa shape index (κ1) is 14.3. The minimum absolute atomic E-state index is 0.124. The average molecular weight is 290 g/mol. The molecule has 0 amide bonds. The van der Waals surface area contributed by atoms with Gasteiger partial charge in [0, 0.05) is 11.3 Å². The molecule has 0 aliphatic rings. The number of ether oxygens (including phenoxy) is 1. The molecular formula is C15H14O4S. The Balaban J connectivity index is 1.93. The number of carbonyl (C=O) groups is 2. The summed E-state index contributed by atoms with van der Waals surface area (Å²) < 4.78 is 5.58. The molecule has 104 valence electrons. The van der Waals surface area contributed by atoms with Crippen LogP contribution in [-0.2, 0) is 17.8 Å². The minimum Gasteiger partial charge on any atom is -0.488 e. The van der Waals surface area contributed by atoms with E-state index in [2.05, 4.69) is 0 Å². The van der Waals surface area contributed by atoms with Gasteiger partial charge < -0.3 is 9.84 Å². The van der Waals surface area contributed by atoms with Crippen molar-refractivity contribution in [1.29, 1.82) is 0 Å². The summed E-state index contributed by atoms with van der Waals surface area (Å²) in [4.78, 5) is 22.9. The molecule has 2 rings (SSSR count). The van der Waals surface area contributed by atoms with Crippen LogP contribution in [0.1, 0.15) is 27.0 Å². The molecule has 1 aromatic carbocycles. The van der Waals surface area contributed by atoms with E-state index in [1.807, 2.05) is 24.3 Å². The normalized spacial score (nSPS) is 10.2. The van der Waals surface area contributed by atoms with Gasteiger partial charge >= 0.3 is 5.97 Å². The topological polar surface area (TPSA) is 63.6 Å². The second-order valence-electron chi connectivity index (χ2n) is 4.38. The number of thiophene rings is 1. The van der Waals surface area contributed by atoms with E-state index in [9.17, 15) is 9.59 Å². The van der Waals surface area contributed by atoms with E-state index in [1.54, 1.807) is 19.1 Å². The lowest BCUT2D eigenvalue weighted by molar-refractivity contribution is -0.116. The molecule has 2 aromatic rings. The maximum Gasteiger partial charge on any atom is 0.345 e. The van der Waals surface area contributed by atoms with Crippen molar-refractivity contribution in [2.24, 2.45) is 0 Å². The van der Waals surface area contributed by atoms with Gasteiger partial charge in [-0.15, -0.1) is 11.3 Å². The highest BCUT2D eigenvalue weighted by Crippen LogP contribution is 2.20. The number of carboxylic acid groups (broad SMARTS) is 1. The number of carboxylic acids is 1. The van der Waals surface area contributed by atoms with Crippen LogP contribution in [0.5, 0.6) is 5.75 Å². The number of rotatable bonds is 6. The molecule has 1 heterocycles. The number of benzene rings is 1. The van der Waals surface area contributed by atoms with Crippen molar-refractivity contribution in [3.8, 4) is 5.75 Å². The molecule has 0 saturated carbocycles. The van der Waals surface area contributed by atoms with E-state index >= 15 is 0 Å².